The second-order valence-corrected chi connectivity index (χ2v) is 22.7. The van der Waals surface area contributed by atoms with E-state index in [9.17, 15) is 19.5 Å². The first-order valence-corrected chi connectivity index (χ1v) is 31.4. The number of esters is 2. The zero-order chi connectivity index (χ0) is 52.7. The molecule has 0 aliphatic heterocycles. The fourth-order valence-electron chi connectivity index (χ4n) is 9.42. The molecule has 2 atom stereocenters. The number of aliphatic carboxylic acids is 1. The first-order chi connectivity index (χ1) is 35.1. The molecule has 0 saturated heterocycles. The van der Waals surface area contributed by atoms with Crippen LogP contribution in [0, 0.1) is 0 Å². The van der Waals surface area contributed by atoms with Gasteiger partial charge in [-0.25, -0.2) is 4.79 Å². The van der Waals surface area contributed by atoms with E-state index >= 15 is 0 Å². The van der Waals surface area contributed by atoms with Gasteiger partial charge < -0.3 is 28.5 Å². The van der Waals surface area contributed by atoms with Crippen molar-refractivity contribution in [3.05, 3.63) is 12.2 Å². The summed E-state index contributed by atoms with van der Waals surface area (Å²) in [6.07, 6.45) is 61.7. The molecular formula is C63H122NO8+. The smallest absolute Gasteiger partial charge is 0.361 e. The summed E-state index contributed by atoms with van der Waals surface area (Å²) in [5, 5.41) is 9.71. The van der Waals surface area contributed by atoms with E-state index in [-0.39, 0.29) is 38.2 Å². The molecule has 72 heavy (non-hydrogen) atoms. The van der Waals surface area contributed by atoms with Gasteiger partial charge in [-0.15, -0.1) is 0 Å². The Kier molecular flexibility index (Phi) is 53.8. The molecule has 9 heteroatoms. The summed E-state index contributed by atoms with van der Waals surface area (Å²) in [4.78, 5) is 37.4. The highest BCUT2D eigenvalue weighted by Gasteiger charge is 2.25. The van der Waals surface area contributed by atoms with Crippen molar-refractivity contribution in [1.82, 2.24) is 0 Å². The molecule has 0 saturated carbocycles. The molecule has 0 aliphatic carbocycles. The fourth-order valence-corrected chi connectivity index (χ4v) is 9.42. The number of carbonyl (C=O) groups excluding carboxylic acids is 2. The van der Waals surface area contributed by atoms with Gasteiger partial charge in [-0.3, -0.25) is 9.59 Å². The van der Waals surface area contributed by atoms with Crippen molar-refractivity contribution in [2.45, 2.75) is 328 Å². The summed E-state index contributed by atoms with van der Waals surface area (Å²) >= 11 is 0. The number of carbonyl (C=O) groups is 3. The van der Waals surface area contributed by atoms with Crippen LogP contribution in [0.15, 0.2) is 12.2 Å². The average Bonchev–Trinajstić information content (AvgIpc) is 3.35. The number of quaternary nitrogens is 1. The van der Waals surface area contributed by atoms with Gasteiger partial charge in [0.1, 0.15) is 13.2 Å². The molecule has 1 N–H and O–H groups in total. The van der Waals surface area contributed by atoms with Crippen molar-refractivity contribution in [3.63, 3.8) is 0 Å². The Labute approximate surface area is 446 Å². The topological polar surface area (TPSA) is 108 Å². The van der Waals surface area contributed by atoms with Crippen LogP contribution in [0.25, 0.3) is 0 Å². The molecule has 0 rings (SSSR count). The van der Waals surface area contributed by atoms with Crippen LogP contribution in [-0.2, 0) is 33.3 Å². The van der Waals surface area contributed by atoms with Gasteiger partial charge in [0.15, 0.2) is 6.10 Å². The molecule has 426 valence electrons. The largest absolute Gasteiger partial charge is 0.477 e. The Hall–Kier alpha value is -1.97. The third-order valence-electron chi connectivity index (χ3n) is 14.3. The van der Waals surface area contributed by atoms with Crippen molar-refractivity contribution in [3.8, 4) is 0 Å². The fraction of sp³-hybridized carbons (Fsp3) is 0.921. The molecule has 0 fully saturated rings. The molecule has 0 aromatic carbocycles. The minimum atomic E-state index is -1.50. The Balaban J connectivity index is 4.07. The van der Waals surface area contributed by atoms with Crippen LogP contribution in [0.1, 0.15) is 316 Å². The van der Waals surface area contributed by atoms with E-state index < -0.39 is 18.4 Å². The number of carboxylic acid groups (broad SMARTS) is 1. The van der Waals surface area contributed by atoms with Gasteiger partial charge >= 0.3 is 17.9 Å². The first-order valence-electron chi connectivity index (χ1n) is 31.4. The van der Waals surface area contributed by atoms with Crippen LogP contribution in [-0.4, -0.2) is 87.4 Å². The lowest BCUT2D eigenvalue weighted by atomic mass is 10.0. The molecule has 0 heterocycles. The van der Waals surface area contributed by atoms with E-state index in [1.165, 1.54) is 250 Å². The molecular weight excluding hydrogens is 899 g/mol. The lowest BCUT2D eigenvalue weighted by molar-refractivity contribution is -0.870. The van der Waals surface area contributed by atoms with Crippen LogP contribution in [0.4, 0.5) is 0 Å². The number of ether oxygens (including phenoxy) is 4. The van der Waals surface area contributed by atoms with E-state index in [2.05, 4.69) is 26.0 Å². The molecule has 0 aromatic heterocycles. The number of hydrogen-bond acceptors (Lipinski definition) is 7. The van der Waals surface area contributed by atoms with Crippen LogP contribution in [0.3, 0.4) is 0 Å². The number of nitrogens with zero attached hydrogens (tertiary/aromatic N) is 1. The van der Waals surface area contributed by atoms with E-state index in [1.54, 1.807) is 0 Å². The van der Waals surface area contributed by atoms with E-state index in [0.29, 0.717) is 17.4 Å². The molecule has 0 radical (unpaired) electrons. The summed E-state index contributed by atoms with van der Waals surface area (Å²) in [5.74, 6) is -1.98. The predicted octanol–water partition coefficient (Wildman–Crippen LogP) is 18.5. The first kappa shape index (κ1) is 70.0. The summed E-state index contributed by atoms with van der Waals surface area (Å²) in [6.45, 7) is 4.94. The maximum Gasteiger partial charge on any atom is 0.361 e. The molecule has 0 aromatic rings. The predicted molar refractivity (Wildman–Crippen MR) is 305 cm³/mol. The van der Waals surface area contributed by atoms with Gasteiger partial charge in [0.05, 0.1) is 34.4 Å². The molecule has 0 aliphatic rings. The van der Waals surface area contributed by atoms with Crippen LogP contribution >= 0.6 is 0 Å². The van der Waals surface area contributed by atoms with E-state index in [1.807, 2.05) is 21.1 Å². The number of rotatable bonds is 59. The molecule has 0 bridgehead atoms. The molecule has 0 amide bonds. The van der Waals surface area contributed by atoms with Crippen molar-refractivity contribution >= 4 is 17.9 Å². The highest BCUT2D eigenvalue weighted by molar-refractivity contribution is 5.71. The maximum atomic E-state index is 12.9. The summed E-state index contributed by atoms with van der Waals surface area (Å²) in [7, 11) is 5.98. The van der Waals surface area contributed by atoms with Crippen LogP contribution in [0.5, 0.6) is 0 Å². The standard InChI is InChI=1S/C63H121NO8/c1-6-8-10-12-14-16-18-20-22-24-25-26-27-28-29-30-31-32-33-34-35-36-37-38-40-42-44-46-48-50-52-54-61(66)72-59(58-71-63(62(67)68)69-56-55-64(3,4)5)57-70-60(65)53-51-49-47-45-43-41-39-23-21-19-17-15-13-11-9-7-2/h24-25,59,63H,6-23,26-58H2,1-5H3/p+1/b25-24-. The molecule has 9 nitrogen and oxygen atoms in total. The van der Waals surface area contributed by atoms with Gasteiger partial charge in [0.25, 0.3) is 6.29 Å². The van der Waals surface area contributed by atoms with Crippen molar-refractivity contribution in [1.29, 1.82) is 0 Å². The number of likely N-dealkylation sites (N-methyl/N-ethyl adjacent to an activating group) is 1. The highest BCUT2D eigenvalue weighted by Crippen LogP contribution is 2.18. The normalized spacial score (nSPS) is 12.7. The Morgan fingerprint density at radius 3 is 1.03 bits per heavy atom. The second-order valence-electron chi connectivity index (χ2n) is 22.7. The number of hydrogen-bond donors (Lipinski definition) is 1. The number of unbranched alkanes of at least 4 members (excludes halogenated alkanes) is 42. The number of carboxylic acids is 1. The third-order valence-corrected chi connectivity index (χ3v) is 14.3. The van der Waals surface area contributed by atoms with Crippen LogP contribution in [0.2, 0.25) is 0 Å². The minimum absolute atomic E-state index is 0.174. The SMILES string of the molecule is CCCCCCCCCC/C=C\CCCCCCCCCCCCCCCCCCCCCC(=O)OC(COC(=O)CCCCCCCCCCCCCCCCCC)COC(OCC[N+](C)(C)C)C(=O)O. The quantitative estimate of drug-likeness (QED) is 0.0211. The van der Waals surface area contributed by atoms with Gasteiger partial charge in [0, 0.05) is 12.8 Å². The summed E-state index contributed by atoms with van der Waals surface area (Å²) in [6, 6.07) is 0. The minimum Gasteiger partial charge on any atom is -0.477 e. The van der Waals surface area contributed by atoms with Crippen LogP contribution < -0.4 is 0 Å². The summed E-state index contributed by atoms with van der Waals surface area (Å²) < 4.78 is 22.9. The molecule has 0 spiro atoms. The maximum absolute atomic E-state index is 12.9. The van der Waals surface area contributed by atoms with Gasteiger partial charge in [0.2, 0.25) is 0 Å². The zero-order valence-corrected chi connectivity index (χ0v) is 48.6. The Bertz CT molecular complexity index is 1190. The average molecular weight is 1020 g/mol. The van der Waals surface area contributed by atoms with Crippen molar-refractivity contribution in [2.75, 3.05) is 47.5 Å². The Morgan fingerprint density at radius 2 is 0.708 bits per heavy atom. The highest BCUT2D eigenvalue weighted by atomic mass is 16.7. The van der Waals surface area contributed by atoms with Crippen molar-refractivity contribution in [2.24, 2.45) is 0 Å². The zero-order valence-electron chi connectivity index (χ0n) is 48.6. The van der Waals surface area contributed by atoms with Gasteiger partial charge in [-0.1, -0.05) is 276 Å². The van der Waals surface area contributed by atoms with E-state index in [0.717, 1.165) is 38.5 Å². The monoisotopic (exact) mass is 1020 g/mol. The second kappa shape index (κ2) is 55.3. The van der Waals surface area contributed by atoms with Crippen molar-refractivity contribution < 1.29 is 42.9 Å². The number of allylic oxidation sites excluding steroid dienone is 2. The lowest BCUT2D eigenvalue weighted by Crippen LogP contribution is -2.40. The van der Waals surface area contributed by atoms with E-state index in [4.69, 9.17) is 18.9 Å². The lowest BCUT2D eigenvalue weighted by Gasteiger charge is -2.25. The van der Waals surface area contributed by atoms with Gasteiger partial charge in [-0.05, 0) is 38.5 Å². The summed E-state index contributed by atoms with van der Waals surface area (Å²) in [5.41, 5.74) is 0. The Morgan fingerprint density at radius 1 is 0.403 bits per heavy atom. The molecule has 2 unspecified atom stereocenters. The third kappa shape index (κ3) is 55.8. The van der Waals surface area contributed by atoms with Gasteiger partial charge in [-0.2, -0.15) is 0 Å².